The molecule has 0 saturated carbocycles. The molecule has 4 N–H and O–H groups in total. The second kappa shape index (κ2) is 12.4. The SMILES string of the molecule is CC(=O)NCCc1ccc(C(=Nc2ccc(-c3cnc(N4CCCCC4)[nH]3)cc2)c2c(O)[nH]c3ccc([N+](=O)[O-])cc23)cc1. The van der Waals surface area contributed by atoms with E-state index < -0.39 is 4.92 Å². The zero-order valence-corrected chi connectivity index (χ0v) is 24.3. The Labute approximate surface area is 253 Å². The second-order valence-corrected chi connectivity index (χ2v) is 10.9. The van der Waals surface area contributed by atoms with Crippen molar-refractivity contribution in [2.75, 3.05) is 24.5 Å². The molecule has 11 heteroatoms. The molecular formula is C33H33N7O4. The molecule has 1 aliphatic rings. The Morgan fingerprint density at radius 3 is 2.50 bits per heavy atom. The molecular weight excluding hydrogens is 558 g/mol. The molecule has 3 aromatic carbocycles. The van der Waals surface area contributed by atoms with Crippen molar-refractivity contribution in [1.29, 1.82) is 0 Å². The Morgan fingerprint density at radius 1 is 1.05 bits per heavy atom. The Hall–Kier alpha value is -5.45. The molecule has 1 saturated heterocycles. The number of fused-ring (bicyclic) bond motifs is 1. The van der Waals surface area contributed by atoms with Gasteiger partial charge in [-0.05, 0) is 55.0 Å². The largest absolute Gasteiger partial charge is 0.494 e. The maximum absolute atomic E-state index is 11.6. The number of nitro benzene ring substituents is 1. The van der Waals surface area contributed by atoms with E-state index >= 15 is 0 Å². The molecule has 1 amide bonds. The van der Waals surface area contributed by atoms with Crippen molar-refractivity contribution in [1.82, 2.24) is 20.3 Å². The lowest BCUT2D eigenvalue weighted by atomic mass is 9.98. The molecule has 1 fully saturated rings. The number of non-ortho nitro benzene ring substituents is 1. The van der Waals surface area contributed by atoms with Gasteiger partial charge in [0.2, 0.25) is 11.9 Å². The van der Waals surface area contributed by atoms with Gasteiger partial charge in [-0.3, -0.25) is 14.9 Å². The lowest BCUT2D eigenvalue weighted by molar-refractivity contribution is -0.384. The Balaban J connectivity index is 1.36. The Bertz CT molecular complexity index is 1830. The number of rotatable bonds is 9. The molecule has 0 unspecified atom stereocenters. The summed E-state index contributed by atoms with van der Waals surface area (Å²) in [5, 5.41) is 25.9. The second-order valence-electron chi connectivity index (χ2n) is 10.9. The van der Waals surface area contributed by atoms with Gasteiger partial charge in [-0.15, -0.1) is 0 Å². The van der Waals surface area contributed by atoms with Gasteiger partial charge in [-0.25, -0.2) is 9.98 Å². The van der Waals surface area contributed by atoms with E-state index in [-0.39, 0.29) is 17.5 Å². The van der Waals surface area contributed by atoms with Crippen molar-refractivity contribution in [3.63, 3.8) is 0 Å². The van der Waals surface area contributed by atoms with Crippen LogP contribution in [0.3, 0.4) is 0 Å². The van der Waals surface area contributed by atoms with Gasteiger partial charge in [-0.1, -0.05) is 36.4 Å². The number of hydrogen-bond acceptors (Lipinski definition) is 7. The molecule has 0 bridgehead atoms. The molecule has 5 aromatic rings. The molecule has 2 aromatic heterocycles. The van der Waals surface area contributed by atoms with E-state index in [1.165, 1.54) is 38.3 Å². The number of aliphatic imine (C=N–C) groups is 1. The van der Waals surface area contributed by atoms with Crippen LogP contribution in [0, 0.1) is 10.1 Å². The van der Waals surface area contributed by atoms with Crippen LogP contribution in [-0.2, 0) is 11.2 Å². The first-order valence-corrected chi connectivity index (χ1v) is 14.7. The number of H-pyrrole nitrogens is 2. The highest BCUT2D eigenvalue weighted by Gasteiger charge is 2.21. The van der Waals surface area contributed by atoms with Crippen molar-refractivity contribution >= 4 is 39.8 Å². The third-order valence-electron chi connectivity index (χ3n) is 7.86. The van der Waals surface area contributed by atoms with Gasteiger partial charge < -0.3 is 25.3 Å². The number of aromatic hydroxyl groups is 1. The van der Waals surface area contributed by atoms with Crippen LogP contribution in [0.5, 0.6) is 5.88 Å². The fraction of sp³-hybridized carbons (Fsp3) is 0.242. The van der Waals surface area contributed by atoms with Crippen LogP contribution in [0.15, 0.2) is 77.9 Å². The molecule has 224 valence electrons. The van der Waals surface area contributed by atoms with Crippen LogP contribution in [0.25, 0.3) is 22.2 Å². The van der Waals surface area contributed by atoms with Crippen LogP contribution in [-0.4, -0.2) is 56.2 Å². The number of nitrogens with zero attached hydrogens (tertiary/aromatic N) is 4. The zero-order chi connectivity index (χ0) is 30.6. The summed E-state index contributed by atoms with van der Waals surface area (Å²) < 4.78 is 0. The highest BCUT2D eigenvalue weighted by Crippen LogP contribution is 2.34. The smallest absolute Gasteiger partial charge is 0.270 e. The summed E-state index contributed by atoms with van der Waals surface area (Å²) in [6.45, 7) is 4.01. The number of amides is 1. The minimum Gasteiger partial charge on any atom is -0.494 e. The summed E-state index contributed by atoms with van der Waals surface area (Å²) in [4.78, 5) is 40.6. The predicted octanol–water partition coefficient (Wildman–Crippen LogP) is 6.01. The molecule has 0 atom stereocenters. The number of nitrogens with one attached hydrogen (secondary N) is 3. The molecule has 0 aliphatic carbocycles. The third-order valence-corrected chi connectivity index (χ3v) is 7.86. The lowest BCUT2D eigenvalue weighted by Crippen LogP contribution is -2.30. The van der Waals surface area contributed by atoms with Crippen LogP contribution >= 0.6 is 0 Å². The van der Waals surface area contributed by atoms with E-state index in [1.54, 1.807) is 6.07 Å². The topological polar surface area (TPSA) is 153 Å². The van der Waals surface area contributed by atoms with Crippen molar-refractivity contribution in [2.24, 2.45) is 4.99 Å². The number of benzene rings is 3. The van der Waals surface area contributed by atoms with Crippen LogP contribution < -0.4 is 10.2 Å². The van der Waals surface area contributed by atoms with Crippen molar-refractivity contribution < 1.29 is 14.8 Å². The highest BCUT2D eigenvalue weighted by atomic mass is 16.6. The number of carbonyl (C=O) groups is 1. The number of hydrogen-bond donors (Lipinski definition) is 4. The van der Waals surface area contributed by atoms with Gasteiger partial charge in [0.25, 0.3) is 5.69 Å². The normalized spacial score (nSPS) is 13.8. The first kappa shape index (κ1) is 28.7. The van der Waals surface area contributed by atoms with Crippen molar-refractivity contribution in [2.45, 2.75) is 32.6 Å². The fourth-order valence-electron chi connectivity index (χ4n) is 5.56. The summed E-state index contributed by atoms with van der Waals surface area (Å²) in [6, 6.07) is 19.8. The Morgan fingerprint density at radius 2 is 1.80 bits per heavy atom. The Kier molecular flexibility index (Phi) is 8.09. The summed E-state index contributed by atoms with van der Waals surface area (Å²) in [5.41, 5.74) is 5.58. The first-order chi connectivity index (χ1) is 21.4. The molecule has 6 rings (SSSR count). The van der Waals surface area contributed by atoms with E-state index in [1.807, 2.05) is 54.7 Å². The van der Waals surface area contributed by atoms with Gasteiger partial charge >= 0.3 is 0 Å². The highest BCUT2D eigenvalue weighted by molar-refractivity contribution is 6.22. The summed E-state index contributed by atoms with van der Waals surface area (Å²) in [7, 11) is 0. The quantitative estimate of drug-likeness (QED) is 0.0936. The average Bonchev–Trinajstić information content (AvgIpc) is 3.65. The number of carbonyl (C=O) groups excluding carboxylic acids is 1. The van der Waals surface area contributed by atoms with Gasteiger partial charge in [-0.2, -0.15) is 0 Å². The number of anilines is 1. The average molecular weight is 592 g/mol. The van der Waals surface area contributed by atoms with Gasteiger partial charge in [0.05, 0.1) is 33.8 Å². The number of aromatic nitrogens is 3. The standard InChI is InChI=1S/C33H33N7O4/c1-21(41)34-16-15-22-5-7-24(8-6-22)31(30-27-19-26(40(43)44)13-14-28(27)37-32(30)42)36-25-11-9-23(10-12-25)29-20-35-33(38-29)39-17-3-2-4-18-39/h5-14,19-20,37,42H,2-4,15-18H2,1H3,(H,34,41)(H,35,38). The molecule has 1 aliphatic heterocycles. The third kappa shape index (κ3) is 6.17. The maximum Gasteiger partial charge on any atom is 0.270 e. The minimum atomic E-state index is -0.459. The molecule has 11 nitrogen and oxygen atoms in total. The predicted molar refractivity (Wildman–Crippen MR) is 171 cm³/mol. The zero-order valence-electron chi connectivity index (χ0n) is 24.3. The van der Waals surface area contributed by atoms with Crippen molar-refractivity contribution in [3.05, 3.63) is 99.7 Å². The number of piperidine rings is 1. The van der Waals surface area contributed by atoms with Gasteiger partial charge in [0.15, 0.2) is 5.88 Å². The van der Waals surface area contributed by atoms with Crippen LogP contribution in [0.2, 0.25) is 0 Å². The van der Waals surface area contributed by atoms with E-state index in [2.05, 4.69) is 25.2 Å². The van der Waals surface area contributed by atoms with Crippen molar-refractivity contribution in [3.8, 4) is 17.1 Å². The monoisotopic (exact) mass is 591 g/mol. The minimum absolute atomic E-state index is 0.0825. The van der Waals surface area contributed by atoms with E-state index in [9.17, 15) is 20.0 Å². The van der Waals surface area contributed by atoms with E-state index in [0.717, 1.165) is 41.4 Å². The number of imidazole rings is 1. The van der Waals surface area contributed by atoms with E-state index in [0.29, 0.717) is 40.8 Å². The fourth-order valence-corrected chi connectivity index (χ4v) is 5.56. The van der Waals surface area contributed by atoms with Crippen LogP contribution in [0.1, 0.15) is 42.9 Å². The molecule has 0 spiro atoms. The maximum atomic E-state index is 11.6. The van der Waals surface area contributed by atoms with Gasteiger partial charge in [0.1, 0.15) is 0 Å². The lowest BCUT2D eigenvalue weighted by Gasteiger charge is -2.25. The summed E-state index contributed by atoms with van der Waals surface area (Å²) >= 11 is 0. The summed E-state index contributed by atoms with van der Waals surface area (Å²) in [6.07, 6.45) is 6.10. The number of aromatic amines is 2. The van der Waals surface area contributed by atoms with Gasteiger partial charge in [0, 0.05) is 55.2 Å². The van der Waals surface area contributed by atoms with Crippen LogP contribution in [0.4, 0.5) is 17.3 Å². The van der Waals surface area contributed by atoms with E-state index in [4.69, 9.17) is 4.99 Å². The molecule has 44 heavy (non-hydrogen) atoms. The number of nitro groups is 1. The molecule has 0 radical (unpaired) electrons. The molecule has 3 heterocycles. The first-order valence-electron chi connectivity index (χ1n) is 14.7. The summed E-state index contributed by atoms with van der Waals surface area (Å²) in [5.74, 6) is 0.669.